The number of hydrogen-bond acceptors (Lipinski definition) is 8. The molecule has 2 atom stereocenters. The van der Waals surface area contributed by atoms with Gasteiger partial charge in [-0.2, -0.15) is 5.06 Å². The monoisotopic (exact) mass is 639 g/mol. The van der Waals surface area contributed by atoms with Gasteiger partial charge in [0, 0.05) is 29.5 Å². The number of carbonyl (C=O) groups excluding carboxylic acids is 1. The highest BCUT2D eigenvalue weighted by Gasteiger charge is 2.53. The normalized spacial score (nSPS) is 20.0. The fourth-order valence-corrected chi connectivity index (χ4v) is 8.89. The van der Waals surface area contributed by atoms with Crippen LogP contribution >= 0.6 is 7.60 Å². The zero-order valence-electron chi connectivity index (χ0n) is 29.9. The van der Waals surface area contributed by atoms with Crippen LogP contribution < -0.4 is 0 Å². The molecule has 1 aromatic rings. The van der Waals surface area contributed by atoms with E-state index in [0.717, 1.165) is 10.6 Å². The van der Waals surface area contributed by atoms with E-state index in [-0.39, 0.29) is 25.3 Å². The predicted molar refractivity (Wildman–Crippen MR) is 174 cm³/mol. The van der Waals surface area contributed by atoms with Gasteiger partial charge in [0.1, 0.15) is 18.0 Å². The Kier molecular flexibility index (Phi) is 12.5. The summed E-state index contributed by atoms with van der Waals surface area (Å²) in [5.74, 6) is -1.10. The van der Waals surface area contributed by atoms with Gasteiger partial charge in [0.25, 0.3) is 0 Å². The quantitative estimate of drug-likeness (QED) is 0.120. The van der Waals surface area contributed by atoms with Crippen LogP contribution in [-0.4, -0.2) is 57.8 Å². The number of hydrogen-bond donors (Lipinski definition) is 0. The van der Waals surface area contributed by atoms with E-state index in [2.05, 4.69) is 0 Å². The number of esters is 1. The molecule has 1 heterocycles. The van der Waals surface area contributed by atoms with Gasteiger partial charge in [-0.25, -0.2) is 0 Å². The van der Waals surface area contributed by atoms with Gasteiger partial charge < -0.3 is 13.8 Å². The molecule has 0 bridgehead atoms. The highest BCUT2D eigenvalue weighted by atomic mass is 31.2. The van der Waals surface area contributed by atoms with Crippen LogP contribution in [0.25, 0.3) is 0 Å². The summed E-state index contributed by atoms with van der Waals surface area (Å²) in [6.45, 7) is 27.3. The zero-order chi connectivity index (χ0) is 33.9. The van der Waals surface area contributed by atoms with Crippen molar-refractivity contribution in [3.63, 3.8) is 0 Å². The Balaban J connectivity index is 2.51. The van der Waals surface area contributed by atoms with Crippen LogP contribution in [0.3, 0.4) is 0 Å². The molecule has 0 amide bonds. The third-order valence-corrected chi connectivity index (χ3v) is 10.9. The van der Waals surface area contributed by atoms with Crippen molar-refractivity contribution in [3.8, 4) is 0 Å². The molecule has 1 fully saturated rings. The summed E-state index contributed by atoms with van der Waals surface area (Å²) in [5.41, 5.74) is -2.58. The number of rotatable bonds is 13. The lowest BCUT2D eigenvalue weighted by Crippen LogP contribution is -2.60. The maximum Gasteiger partial charge on any atom is 0.350 e. The SMILES string of the molecule is CCOP(=O)(OCC)C(N(OC(CC(C)(C)C(=O)OC1CC(C)(C)N([O])C(C)(C)C1)c1ccccc1)C(C)(C)C)C(C)(C)C. The van der Waals surface area contributed by atoms with E-state index < -0.39 is 46.9 Å². The third-order valence-electron chi connectivity index (χ3n) is 8.06. The van der Waals surface area contributed by atoms with Crippen LogP contribution in [0.15, 0.2) is 30.3 Å². The highest BCUT2D eigenvalue weighted by molar-refractivity contribution is 7.54. The third kappa shape index (κ3) is 9.60. The number of carbonyl (C=O) groups is 1. The molecule has 2 unspecified atom stereocenters. The van der Waals surface area contributed by atoms with Crippen LogP contribution in [-0.2, 0) is 33.2 Å². The fraction of sp³-hybridized carbons (Fsp3) is 0.794. The van der Waals surface area contributed by atoms with Gasteiger partial charge in [-0.05, 0) is 93.6 Å². The largest absolute Gasteiger partial charge is 0.462 e. The number of nitrogens with zero attached hydrogens (tertiary/aromatic N) is 2. The molecule has 1 radical (unpaired) electrons. The zero-order valence-corrected chi connectivity index (χ0v) is 30.7. The molecule has 1 aliphatic heterocycles. The van der Waals surface area contributed by atoms with Crippen molar-refractivity contribution in [1.82, 2.24) is 10.1 Å². The molecule has 1 aliphatic rings. The van der Waals surface area contributed by atoms with Crippen LogP contribution in [0.2, 0.25) is 0 Å². The molecule has 1 saturated heterocycles. The van der Waals surface area contributed by atoms with Crippen molar-refractivity contribution in [2.45, 2.75) is 151 Å². The number of ether oxygens (including phenoxy) is 1. The molecule has 2 rings (SSSR count). The Morgan fingerprint density at radius 3 is 1.82 bits per heavy atom. The Morgan fingerprint density at radius 2 is 1.41 bits per heavy atom. The lowest BCUT2D eigenvalue weighted by Gasteiger charge is -2.50. The van der Waals surface area contributed by atoms with Crippen molar-refractivity contribution < 1.29 is 33.2 Å². The maximum atomic E-state index is 14.4. The first-order valence-electron chi connectivity index (χ1n) is 16.0. The van der Waals surface area contributed by atoms with E-state index in [1.807, 2.05) is 113 Å². The molecule has 0 N–H and O–H groups in total. The summed E-state index contributed by atoms with van der Waals surface area (Å²) in [6.07, 6.45) is 0.231. The molecule has 0 spiro atoms. The topological polar surface area (TPSA) is 97.4 Å². The molecule has 10 heteroatoms. The Hall–Kier alpha value is -1.32. The second-order valence-electron chi connectivity index (χ2n) is 16.1. The van der Waals surface area contributed by atoms with Gasteiger partial charge in [-0.1, -0.05) is 51.1 Å². The summed E-state index contributed by atoms with van der Waals surface area (Å²) in [4.78, 5) is 20.8. The van der Waals surface area contributed by atoms with Gasteiger partial charge in [0.15, 0.2) is 0 Å². The van der Waals surface area contributed by atoms with Crippen molar-refractivity contribution in [2.75, 3.05) is 13.2 Å². The molecule has 0 aliphatic carbocycles. The molecular formula is C34H60N2O7P. The van der Waals surface area contributed by atoms with Crippen LogP contribution in [0.1, 0.15) is 128 Å². The summed E-state index contributed by atoms with van der Waals surface area (Å²) in [6, 6.07) is 9.75. The Morgan fingerprint density at radius 1 is 0.932 bits per heavy atom. The van der Waals surface area contributed by atoms with Gasteiger partial charge in [-0.3, -0.25) is 14.2 Å². The second kappa shape index (κ2) is 14.2. The van der Waals surface area contributed by atoms with E-state index >= 15 is 0 Å². The van der Waals surface area contributed by atoms with Gasteiger partial charge in [-0.15, -0.1) is 10.3 Å². The minimum absolute atomic E-state index is 0.224. The van der Waals surface area contributed by atoms with Crippen LogP contribution in [0.5, 0.6) is 0 Å². The molecule has 44 heavy (non-hydrogen) atoms. The lowest BCUT2D eigenvalue weighted by molar-refractivity contribution is -0.300. The minimum Gasteiger partial charge on any atom is -0.462 e. The predicted octanol–water partition coefficient (Wildman–Crippen LogP) is 8.72. The smallest absolute Gasteiger partial charge is 0.350 e. The van der Waals surface area contributed by atoms with Crippen molar-refractivity contribution in [2.24, 2.45) is 10.8 Å². The molecule has 0 aromatic heterocycles. The van der Waals surface area contributed by atoms with E-state index in [9.17, 15) is 14.6 Å². The van der Waals surface area contributed by atoms with Crippen molar-refractivity contribution in [1.29, 1.82) is 0 Å². The van der Waals surface area contributed by atoms with Crippen LogP contribution in [0.4, 0.5) is 0 Å². The second-order valence-corrected chi connectivity index (χ2v) is 18.1. The van der Waals surface area contributed by atoms with Crippen molar-refractivity contribution >= 4 is 13.6 Å². The average Bonchev–Trinajstić information content (AvgIpc) is 2.85. The van der Waals surface area contributed by atoms with Gasteiger partial charge in [0.2, 0.25) is 0 Å². The Labute approximate surface area is 267 Å². The highest BCUT2D eigenvalue weighted by Crippen LogP contribution is 2.61. The summed E-state index contributed by atoms with van der Waals surface area (Å²) in [5, 5.41) is 15.8. The molecule has 253 valence electrons. The number of benzene rings is 1. The standard InChI is InChI=1S/C34H60N2O7P/c1-15-40-44(39,41-16-2)28(30(3,4)5)35(31(6,7)8)43-27(25-20-18-17-19-21-25)24-32(9,10)29(37)42-26-22-33(11,12)36(38)34(13,14)23-26/h17-21,26-28H,15-16,22-24H2,1-14H3. The number of hydroxylamine groups is 4. The van der Waals surface area contributed by atoms with Gasteiger partial charge >= 0.3 is 13.6 Å². The maximum absolute atomic E-state index is 14.4. The van der Waals surface area contributed by atoms with E-state index in [4.69, 9.17) is 18.6 Å². The first-order valence-corrected chi connectivity index (χ1v) is 17.6. The average molecular weight is 640 g/mol. The molecule has 0 saturated carbocycles. The summed E-state index contributed by atoms with van der Waals surface area (Å²) in [7, 11) is -3.70. The van der Waals surface area contributed by atoms with E-state index in [0.29, 0.717) is 19.3 Å². The Bertz CT molecular complexity index is 1100. The van der Waals surface area contributed by atoms with E-state index in [1.165, 1.54) is 0 Å². The first-order chi connectivity index (χ1) is 19.9. The first kappa shape index (κ1) is 38.9. The summed E-state index contributed by atoms with van der Waals surface area (Å²) >= 11 is 0. The van der Waals surface area contributed by atoms with E-state index in [1.54, 1.807) is 18.9 Å². The minimum atomic E-state index is -3.70. The summed E-state index contributed by atoms with van der Waals surface area (Å²) < 4.78 is 32.4. The number of piperidine rings is 1. The fourth-order valence-electron chi connectivity index (χ4n) is 6.21. The van der Waals surface area contributed by atoms with Crippen molar-refractivity contribution in [3.05, 3.63) is 35.9 Å². The van der Waals surface area contributed by atoms with Crippen LogP contribution in [0, 0.1) is 10.8 Å². The molecule has 1 aromatic carbocycles. The van der Waals surface area contributed by atoms with Gasteiger partial charge in [0.05, 0.1) is 18.6 Å². The lowest BCUT2D eigenvalue weighted by atomic mass is 9.79. The molecular weight excluding hydrogens is 579 g/mol. The molecule has 9 nitrogen and oxygen atoms in total.